The number of hydrogen-bond donors (Lipinski definition) is 2. The SMILES string of the molecule is Cc1cc(-c2ccc3nc(Nc4cc([C@H](C)N5CCN(C(=O)C6CC6)CC5)ccn4)[nH]c3c2)ncn1. The molecule has 1 aliphatic carbocycles. The Kier molecular flexibility index (Phi) is 5.85. The van der Waals surface area contributed by atoms with Crippen LogP contribution < -0.4 is 5.32 Å². The van der Waals surface area contributed by atoms with Gasteiger partial charge in [0.05, 0.1) is 16.7 Å². The van der Waals surface area contributed by atoms with Gasteiger partial charge >= 0.3 is 0 Å². The van der Waals surface area contributed by atoms with Crippen molar-refractivity contribution in [2.24, 2.45) is 5.92 Å². The fourth-order valence-electron chi connectivity index (χ4n) is 4.87. The number of anilines is 2. The molecule has 1 saturated heterocycles. The predicted octanol–water partition coefficient (Wildman–Crippen LogP) is 4.08. The van der Waals surface area contributed by atoms with Crippen molar-refractivity contribution in [2.75, 3.05) is 31.5 Å². The van der Waals surface area contributed by atoms with Crippen molar-refractivity contribution < 1.29 is 4.79 Å². The third kappa shape index (κ3) is 4.66. The number of imidazole rings is 1. The third-order valence-electron chi connectivity index (χ3n) is 7.19. The molecule has 4 heterocycles. The highest BCUT2D eigenvalue weighted by Crippen LogP contribution is 2.32. The van der Waals surface area contributed by atoms with Crippen molar-refractivity contribution in [3.05, 3.63) is 60.2 Å². The molecule has 0 unspecified atom stereocenters. The molecule has 1 aliphatic heterocycles. The number of pyridine rings is 1. The molecule has 36 heavy (non-hydrogen) atoms. The summed E-state index contributed by atoms with van der Waals surface area (Å²) >= 11 is 0. The quantitative estimate of drug-likeness (QED) is 0.427. The number of aryl methyl sites for hydroxylation is 1. The van der Waals surface area contributed by atoms with E-state index in [4.69, 9.17) is 0 Å². The first-order valence-corrected chi connectivity index (χ1v) is 12.6. The molecule has 6 rings (SSSR count). The maximum atomic E-state index is 12.4. The number of benzene rings is 1. The monoisotopic (exact) mass is 482 g/mol. The number of nitrogens with zero attached hydrogens (tertiary/aromatic N) is 6. The van der Waals surface area contributed by atoms with Gasteiger partial charge in [-0.05, 0) is 62.6 Å². The highest BCUT2D eigenvalue weighted by atomic mass is 16.2. The zero-order valence-electron chi connectivity index (χ0n) is 20.6. The van der Waals surface area contributed by atoms with E-state index in [0.717, 1.165) is 72.8 Å². The van der Waals surface area contributed by atoms with Crippen molar-refractivity contribution in [2.45, 2.75) is 32.7 Å². The maximum Gasteiger partial charge on any atom is 0.225 e. The lowest BCUT2D eigenvalue weighted by Gasteiger charge is -2.38. The van der Waals surface area contributed by atoms with Gasteiger partial charge in [-0.1, -0.05) is 6.07 Å². The largest absolute Gasteiger partial charge is 0.340 e. The predicted molar refractivity (Wildman–Crippen MR) is 139 cm³/mol. The first-order valence-electron chi connectivity index (χ1n) is 12.6. The third-order valence-corrected chi connectivity index (χ3v) is 7.19. The summed E-state index contributed by atoms with van der Waals surface area (Å²) in [7, 11) is 0. The van der Waals surface area contributed by atoms with Crippen LogP contribution in [0.5, 0.6) is 0 Å². The van der Waals surface area contributed by atoms with Gasteiger partial charge in [0.2, 0.25) is 11.9 Å². The summed E-state index contributed by atoms with van der Waals surface area (Å²) in [6, 6.07) is 12.4. The van der Waals surface area contributed by atoms with Gasteiger partial charge < -0.3 is 15.2 Å². The molecule has 2 N–H and O–H groups in total. The van der Waals surface area contributed by atoms with E-state index in [1.807, 2.05) is 36.2 Å². The number of piperazine rings is 1. The zero-order chi connectivity index (χ0) is 24.6. The van der Waals surface area contributed by atoms with Crippen LogP contribution in [0.3, 0.4) is 0 Å². The van der Waals surface area contributed by atoms with E-state index < -0.39 is 0 Å². The summed E-state index contributed by atoms with van der Waals surface area (Å²) in [5.41, 5.74) is 5.81. The van der Waals surface area contributed by atoms with Crippen LogP contribution in [0.25, 0.3) is 22.3 Å². The minimum atomic E-state index is 0.237. The van der Waals surface area contributed by atoms with Gasteiger partial charge in [-0.25, -0.2) is 19.9 Å². The maximum absolute atomic E-state index is 12.4. The second-order valence-corrected chi connectivity index (χ2v) is 9.77. The van der Waals surface area contributed by atoms with E-state index in [2.05, 4.69) is 60.3 Å². The number of carbonyl (C=O) groups excluding carboxylic acids is 1. The van der Waals surface area contributed by atoms with E-state index >= 15 is 0 Å². The Balaban J connectivity index is 1.14. The molecule has 0 spiro atoms. The molecule has 3 aromatic heterocycles. The zero-order valence-corrected chi connectivity index (χ0v) is 20.6. The molecule has 0 bridgehead atoms. The van der Waals surface area contributed by atoms with Crippen LogP contribution in [0.4, 0.5) is 11.8 Å². The molecule has 9 nitrogen and oxygen atoms in total. The van der Waals surface area contributed by atoms with E-state index in [1.54, 1.807) is 6.33 Å². The molecule has 2 fully saturated rings. The molecule has 1 amide bonds. The lowest BCUT2D eigenvalue weighted by Crippen LogP contribution is -2.49. The second kappa shape index (κ2) is 9.31. The minimum Gasteiger partial charge on any atom is -0.340 e. The van der Waals surface area contributed by atoms with Gasteiger partial charge in [-0.2, -0.15) is 0 Å². The molecular formula is C27H30N8O. The number of amides is 1. The molecule has 1 atom stereocenters. The van der Waals surface area contributed by atoms with Gasteiger partial charge in [0, 0.05) is 55.6 Å². The van der Waals surface area contributed by atoms with Crippen LogP contribution in [0.1, 0.15) is 37.1 Å². The fourth-order valence-corrected chi connectivity index (χ4v) is 4.87. The molecule has 0 radical (unpaired) electrons. The van der Waals surface area contributed by atoms with Crippen LogP contribution in [0.2, 0.25) is 0 Å². The smallest absolute Gasteiger partial charge is 0.225 e. The average molecular weight is 483 g/mol. The summed E-state index contributed by atoms with van der Waals surface area (Å²) in [4.78, 5) is 38.0. The molecule has 1 saturated carbocycles. The summed E-state index contributed by atoms with van der Waals surface area (Å²) < 4.78 is 0. The van der Waals surface area contributed by atoms with Gasteiger partial charge in [-0.15, -0.1) is 0 Å². The molecule has 4 aromatic rings. The van der Waals surface area contributed by atoms with Gasteiger partial charge in [-0.3, -0.25) is 9.69 Å². The van der Waals surface area contributed by atoms with E-state index in [-0.39, 0.29) is 6.04 Å². The number of aromatic amines is 1. The number of nitrogens with one attached hydrogen (secondary N) is 2. The lowest BCUT2D eigenvalue weighted by atomic mass is 10.1. The van der Waals surface area contributed by atoms with Crippen LogP contribution in [-0.2, 0) is 4.79 Å². The highest BCUT2D eigenvalue weighted by molar-refractivity contribution is 5.83. The molecule has 9 heteroatoms. The minimum absolute atomic E-state index is 0.237. The Bertz CT molecular complexity index is 1400. The standard InChI is InChI=1S/C27H30N8O/c1-17-13-23(30-16-29-17)21-5-6-22-24(14-21)32-27(31-22)33-25-15-20(7-8-28-25)18(2)34-9-11-35(12-10-34)26(36)19-3-4-19/h5-8,13-16,18-19H,3-4,9-12H2,1-2H3,(H2,28,31,32,33)/t18-/m0/s1. The van der Waals surface area contributed by atoms with Crippen molar-refractivity contribution in [1.82, 2.24) is 34.7 Å². The summed E-state index contributed by atoms with van der Waals surface area (Å²) in [6.07, 6.45) is 5.55. The van der Waals surface area contributed by atoms with E-state index in [0.29, 0.717) is 17.8 Å². The molecule has 1 aromatic carbocycles. The van der Waals surface area contributed by atoms with Crippen molar-refractivity contribution in [3.63, 3.8) is 0 Å². The number of aromatic nitrogens is 5. The van der Waals surface area contributed by atoms with Crippen LogP contribution >= 0.6 is 0 Å². The van der Waals surface area contributed by atoms with Crippen molar-refractivity contribution >= 4 is 28.7 Å². The summed E-state index contributed by atoms with van der Waals surface area (Å²) in [5, 5.41) is 3.33. The Labute approximate surface area is 210 Å². The number of carbonyl (C=O) groups is 1. The Hall–Kier alpha value is -3.85. The Morgan fingerprint density at radius 2 is 1.89 bits per heavy atom. The number of fused-ring (bicyclic) bond motifs is 1. The summed E-state index contributed by atoms with van der Waals surface area (Å²) in [6.45, 7) is 7.58. The number of rotatable bonds is 6. The van der Waals surface area contributed by atoms with Gasteiger partial charge in [0.15, 0.2) is 0 Å². The fraction of sp³-hybridized carbons (Fsp3) is 0.370. The first-order chi connectivity index (χ1) is 17.5. The lowest BCUT2D eigenvalue weighted by molar-refractivity contribution is -0.134. The van der Waals surface area contributed by atoms with Crippen molar-refractivity contribution in [3.8, 4) is 11.3 Å². The van der Waals surface area contributed by atoms with Crippen LogP contribution in [0.15, 0.2) is 48.9 Å². The van der Waals surface area contributed by atoms with Crippen molar-refractivity contribution in [1.29, 1.82) is 0 Å². The first kappa shape index (κ1) is 22.6. The summed E-state index contributed by atoms with van der Waals surface area (Å²) in [5.74, 6) is 2.03. The number of H-pyrrole nitrogens is 1. The second-order valence-electron chi connectivity index (χ2n) is 9.77. The van der Waals surface area contributed by atoms with E-state index in [9.17, 15) is 4.79 Å². The van der Waals surface area contributed by atoms with Gasteiger partial charge in [0.1, 0.15) is 12.1 Å². The van der Waals surface area contributed by atoms with Crippen LogP contribution in [-0.4, -0.2) is 66.8 Å². The Morgan fingerprint density at radius 1 is 1.06 bits per heavy atom. The molecule has 184 valence electrons. The van der Waals surface area contributed by atoms with Crippen LogP contribution in [0, 0.1) is 12.8 Å². The average Bonchev–Trinajstić information content (AvgIpc) is 3.68. The molecular weight excluding hydrogens is 452 g/mol. The molecule has 2 aliphatic rings. The Morgan fingerprint density at radius 3 is 2.67 bits per heavy atom. The normalized spacial score (nSPS) is 17.3. The van der Waals surface area contributed by atoms with Gasteiger partial charge in [0.25, 0.3) is 0 Å². The van der Waals surface area contributed by atoms with E-state index in [1.165, 1.54) is 5.56 Å². The topological polar surface area (TPSA) is 103 Å². The highest BCUT2D eigenvalue weighted by Gasteiger charge is 2.35. The number of hydrogen-bond acceptors (Lipinski definition) is 7.